The van der Waals surface area contributed by atoms with Crippen LogP contribution in [-0.4, -0.2) is 46.7 Å². The lowest BCUT2D eigenvalue weighted by molar-refractivity contribution is 0.282. The van der Waals surface area contributed by atoms with Crippen molar-refractivity contribution >= 4 is 31.1 Å². The van der Waals surface area contributed by atoms with E-state index in [1.54, 1.807) is 12.1 Å². The lowest BCUT2D eigenvalue weighted by Crippen LogP contribution is -2.46. The van der Waals surface area contributed by atoms with Crippen LogP contribution in [0.25, 0.3) is 0 Å². The Hall–Kier alpha value is -1.83. The summed E-state index contributed by atoms with van der Waals surface area (Å²) in [5.74, 6) is 0.830. The minimum absolute atomic E-state index is 0.147. The number of phosphoric ester groups is 1. The van der Waals surface area contributed by atoms with Crippen molar-refractivity contribution < 1.29 is 18.9 Å². The molecule has 2 aromatic rings. The van der Waals surface area contributed by atoms with Crippen molar-refractivity contribution in [3.05, 3.63) is 48.0 Å². The molecule has 0 bridgehead atoms. The summed E-state index contributed by atoms with van der Waals surface area (Å²) in [4.78, 5) is 27.5. The molecule has 0 atom stereocenters. The van der Waals surface area contributed by atoms with Crippen LogP contribution in [0.15, 0.2) is 57.2 Å². The lowest BCUT2D eigenvalue weighted by Gasteiger charge is -2.31. The summed E-state index contributed by atoms with van der Waals surface area (Å²) in [6.45, 7) is 3.17. The van der Waals surface area contributed by atoms with Crippen molar-refractivity contribution in [2.24, 2.45) is 4.99 Å². The minimum atomic E-state index is -4.68. The molecule has 1 saturated heterocycles. The number of nitrogens with one attached hydrogen (secondary N) is 1. The Morgan fingerprint density at radius 2 is 1.81 bits per heavy atom. The topological polar surface area (TPSA) is 94.4 Å². The highest BCUT2D eigenvalue weighted by Crippen LogP contribution is 2.46. The average Bonchev–Trinajstić information content (AvgIpc) is 2.78. The number of aliphatic imine (C=N–C) groups is 1. The quantitative estimate of drug-likeness (QED) is 0.678. The fraction of sp³-hybridized carbons (Fsp3) is 0.235. The largest absolute Gasteiger partial charge is 0.524 e. The van der Waals surface area contributed by atoms with Gasteiger partial charge in [0.1, 0.15) is 11.6 Å². The van der Waals surface area contributed by atoms with Gasteiger partial charge in [-0.3, -0.25) is 9.79 Å². The third kappa shape index (κ3) is 3.65. The normalized spacial score (nSPS) is 17.0. The number of nitrogens with zero attached hydrogens (tertiary/aromatic N) is 2. The van der Waals surface area contributed by atoms with E-state index in [2.05, 4.69) is 10.2 Å². The molecule has 2 aromatic carbocycles. The zero-order valence-corrected chi connectivity index (χ0v) is 15.5. The molecule has 0 spiro atoms. The molecule has 26 heavy (non-hydrogen) atoms. The molecule has 9 heteroatoms. The number of benzene rings is 2. The van der Waals surface area contributed by atoms with Gasteiger partial charge in [0, 0.05) is 36.0 Å². The number of para-hydroxylation sites is 1. The first-order chi connectivity index (χ1) is 12.5. The van der Waals surface area contributed by atoms with Crippen molar-refractivity contribution in [3.63, 3.8) is 0 Å². The first kappa shape index (κ1) is 17.6. The van der Waals surface area contributed by atoms with Gasteiger partial charge in [0.15, 0.2) is 0 Å². The second kappa shape index (κ2) is 7.06. The highest BCUT2D eigenvalue weighted by atomic mass is 32.2. The summed E-state index contributed by atoms with van der Waals surface area (Å²) in [7, 11) is -4.68. The van der Waals surface area contributed by atoms with Crippen LogP contribution < -0.4 is 9.84 Å². The maximum Gasteiger partial charge on any atom is 0.524 e. The van der Waals surface area contributed by atoms with E-state index in [0.717, 1.165) is 41.7 Å². The Morgan fingerprint density at radius 3 is 2.58 bits per heavy atom. The van der Waals surface area contributed by atoms with Crippen molar-refractivity contribution in [2.75, 3.05) is 26.2 Å². The monoisotopic (exact) mass is 391 g/mol. The molecule has 2 aliphatic rings. The van der Waals surface area contributed by atoms with Gasteiger partial charge in [0.25, 0.3) is 0 Å². The summed E-state index contributed by atoms with van der Waals surface area (Å²) in [6, 6.07) is 13.1. The number of amidine groups is 1. The molecule has 0 aromatic heterocycles. The van der Waals surface area contributed by atoms with Gasteiger partial charge in [0.2, 0.25) is 0 Å². The molecule has 4 rings (SSSR count). The second-order valence-corrected chi connectivity index (χ2v) is 8.20. The highest BCUT2D eigenvalue weighted by molar-refractivity contribution is 7.99. The third-order valence-electron chi connectivity index (χ3n) is 4.16. The molecule has 0 radical (unpaired) electrons. The standard InChI is InChI=1S/C17H18N3O4PS/c21-25(22,23)24-13-5-3-7-15-16(13)17(20-10-8-18-9-11-20)19-12-4-1-2-6-14(12)26-15/h1-7,18H,8-11H2,(H2,21,22,23). The van der Waals surface area contributed by atoms with Crippen molar-refractivity contribution in [1.29, 1.82) is 0 Å². The van der Waals surface area contributed by atoms with E-state index in [9.17, 15) is 14.4 Å². The molecule has 0 amide bonds. The van der Waals surface area contributed by atoms with E-state index in [0.29, 0.717) is 11.4 Å². The number of phosphoric acid groups is 1. The van der Waals surface area contributed by atoms with Crippen LogP contribution in [0.3, 0.4) is 0 Å². The average molecular weight is 391 g/mol. The summed E-state index contributed by atoms with van der Waals surface area (Å²) >= 11 is 1.52. The lowest BCUT2D eigenvalue weighted by atomic mass is 10.1. The van der Waals surface area contributed by atoms with Crippen LogP contribution in [0, 0.1) is 0 Å². The van der Waals surface area contributed by atoms with Gasteiger partial charge in [-0.15, -0.1) is 0 Å². The van der Waals surface area contributed by atoms with Crippen LogP contribution in [-0.2, 0) is 4.57 Å². The van der Waals surface area contributed by atoms with Crippen molar-refractivity contribution in [3.8, 4) is 5.75 Å². The van der Waals surface area contributed by atoms with Crippen LogP contribution in [0.5, 0.6) is 5.75 Å². The predicted molar refractivity (Wildman–Crippen MR) is 100 cm³/mol. The number of hydrogen-bond donors (Lipinski definition) is 3. The number of hydrogen-bond acceptors (Lipinski definition) is 6. The van der Waals surface area contributed by atoms with Crippen molar-refractivity contribution in [2.45, 2.75) is 9.79 Å². The zero-order valence-electron chi connectivity index (χ0n) is 13.8. The first-order valence-electron chi connectivity index (χ1n) is 8.21. The van der Waals surface area contributed by atoms with Crippen LogP contribution >= 0.6 is 19.6 Å². The van der Waals surface area contributed by atoms with E-state index < -0.39 is 7.82 Å². The van der Waals surface area contributed by atoms with Crippen LogP contribution in [0.2, 0.25) is 0 Å². The number of fused-ring (bicyclic) bond motifs is 2. The third-order valence-corrected chi connectivity index (χ3v) is 5.72. The van der Waals surface area contributed by atoms with Gasteiger partial charge in [-0.05, 0) is 24.3 Å². The fourth-order valence-corrected chi connectivity index (χ4v) is 4.50. The highest BCUT2D eigenvalue weighted by Gasteiger charge is 2.29. The van der Waals surface area contributed by atoms with E-state index in [1.165, 1.54) is 11.8 Å². The van der Waals surface area contributed by atoms with E-state index in [-0.39, 0.29) is 5.75 Å². The summed E-state index contributed by atoms with van der Waals surface area (Å²) in [5, 5.41) is 3.31. The van der Waals surface area contributed by atoms with Crippen LogP contribution in [0.4, 0.5) is 5.69 Å². The molecule has 0 saturated carbocycles. The molecule has 3 N–H and O–H groups in total. The Bertz CT molecular complexity index is 909. The molecule has 1 fully saturated rings. The van der Waals surface area contributed by atoms with E-state index in [4.69, 9.17) is 9.52 Å². The molecule has 7 nitrogen and oxygen atoms in total. The van der Waals surface area contributed by atoms with Crippen molar-refractivity contribution in [1.82, 2.24) is 10.2 Å². The summed E-state index contributed by atoms with van der Waals surface area (Å²) in [6.07, 6.45) is 0. The SMILES string of the molecule is O=P(O)(O)Oc1cccc2c1C(N1CCNCC1)=Nc1ccccc1S2. The minimum Gasteiger partial charge on any atom is -0.403 e. The molecule has 136 valence electrons. The van der Waals surface area contributed by atoms with E-state index in [1.807, 2.05) is 30.3 Å². The molecular formula is C17H18N3O4PS. The number of rotatable bonds is 2. The Kier molecular flexibility index (Phi) is 4.77. The van der Waals surface area contributed by atoms with Gasteiger partial charge >= 0.3 is 7.82 Å². The van der Waals surface area contributed by atoms with E-state index >= 15 is 0 Å². The van der Waals surface area contributed by atoms with Gasteiger partial charge in [-0.25, -0.2) is 9.56 Å². The maximum absolute atomic E-state index is 11.5. The maximum atomic E-state index is 11.5. The van der Waals surface area contributed by atoms with Gasteiger partial charge < -0.3 is 14.7 Å². The predicted octanol–water partition coefficient (Wildman–Crippen LogP) is 2.61. The van der Waals surface area contributed by atoms with Gasteiger partial charge in [-0.1, -0.05) is 30.0 Å². The Morgan fingerprint density at radius 1 is 1.08 bits per heavy atom. The molecular weight excluding hydrogens is 373 g/mol. The molecule has 2 aliphatic heterocycles. The van der Waals surface area contributed by atoms with Crippen LogP contribution in [0.1, 0.15) is 5.56 Å². The van der Waals surface area contributed by atoms with Gasteiger partial charge in [-0.2, -0.15) is 0 Å². The zero-order chi connectivity index (χ0) is 18.1. The first-order valence-corrected chi connectivity index (χ1v) is 10.6. The summed E-state index contributed by atoms with van der Waals surface area (Å²) in [5.41, 5.74) is 1.46. The van der Waals surface area contributed by atoms with Gasteiger partial charge in [0.05, 0.1) is 11.3 Å². The molecule has 2 heterocycles. The number of piperazine rings is 1. The fourth-order valence-electron chi connectivity index (χ4n) is 3.05. The molecule has 0 unspecified atom stereocenters. The smallest absolute Gasteiger partial charge is 0.403 e. The summed E-state index contributed by atoms with van der Waals surface area (Å²) < 4.78 is 16.5. The second-order valence-electron chi connectivity index (χ2n) is 5.95. The molecule has 0 aliphatic carbocycles. The Labute approximate surface area is 155 Å². The Balaban J connectivity index is 1.90.